The van der Waals surface area contributed by atoms with Gasteiger partial charge < -0.3 is 10.0 Å². The normalized spacial score (nSPS) is 16.7. The molecule has 0 aromatic heterocycles. The molecule has 1 N–H and O–H groups in total. The highest BCUT2D eigenvalue weighted by molar-refractivity contribution is 5.95. The zero-order valence-electron chi connectivity index (χ0n) is 11.7. The molecule has 0 spiro atoms. The Balaban J connectivity index is 2.03. The number of piperazine rings is 1. The van der Waals surface area contributed by atoms with Gasteiger partial charge in [0.15, 0.2) is 0 Å². The van der Waals surface area contributed by atoms with Crippen LogP contribution in [0.4, 0.5) is 0 Å². The number of benzene rings is 1. The number of carbonyl (C=O) groups excluding carboxylic acids is 1. The van der Waals surface area contributed by atoms with Crippen molar-refractivity contribution in [2.45, 2.75) is 13.8 Å². The molecule has 0 bridgehead atoms. The molecule has 1 fully saturated rings. The van der Waals surface area contributed by atoms with Crippen LogP contribution in [0.3, 0.4) is 0 Å². The summed E-state index contributed by atoms with van der Waals surface area (Å²) in [6.07, 6.45) is 0. The van der Waals surface area contributed by atoms with Crippen LogP contribution >= 0.6 is 0 Å². The Morgan fingerprint density at radius 3 is 2.53 bits per heavy atom. The Hall–Kier alpha value is -1.39. The van der Waals surface area contributed by atoms with Crippen LogP contribution in [0.25, 0.3) is 0 Å². The van der Waals surface area contributed by atoms with Crippen molar-refractivity contribution in [2.24, 2.45) is 0 Å². The van der Waals surface area contributed by atoms with E-state index in [1.54, 1.807) is 0 Å². The second-order valence-corrected chi connectivity index (χ2v) is 5.18. The maximum absolute atomic E-state index is 12.5. The van der Waals surface area contributed by atoms with Crippen molar-refractivity contribution in [2.75, 3.05) is 39.3 Å². The van der Waals surface area contributed by atoms with Crippen LogP contribution in [0.5, 0.6) is 0 Å². The predicted molar refractivity (Wildman–Crippen MR) is 75.3 cm³/mol. The number of aliphatic hydroxyl groups excluding tert-OH is 1. The fourth-order valence-electron chi connectivity index (χ4n) is 2.45. The van der Waals surface area contributed by atoms with Crippen molar-refractivity contribution in [1.82, 2.24) is 9.80 Å². The highest BCUT2D eigenvalue weighted by Crippen LogP contribution is 2.14. The average Bonchev–Trinajstić information content (AvgIpc) is 2.42. The minimum Gasteiger partial charge on any atom is -0.395 e. The number of hydrogen-bond acceptors (Lipinski definition) is 3. The van der Waals surface area contributed by atoms with E-state index in [9.17, 15) is 4.79 Å². The van der Waals surface area contributed by atoms with Gasteiger partial charge in [-0.25, -0.2) is 0 Å². The Kier molecular flexibility index (Phi) is 4.56. The first-order chi connectivity index (χ1) is 9.11. The lowest BCUT2D eigenvalue weighted by atomic mass is 10.0. The van der Waals surface area contributed by atoms with Gasteiger partial charge in [-0.2, -0.15) is 0 Å². The van der Waals surface area contributed by atoms with E-state index >= 15 is 0 Å². The van der Waals surface area contributed by atoms with Crippen molar-refractivity contribution in [3.63, 3.8) is 0 Å². The number of nitrogens with zero attached hydrogens (tertiary/aromatic N) is 2. The molecule has 104 valence electrons. The third-order valence-electron chi connectivity index (χ3n) is 3.70. The van der Waals surface area contributed by atoms with Gasteiger partial charge in [0, 0.05) is 38.3 Å². The van der Waals surface area contributed by atoms with Gasteiger partial charge in [0.1, 0.15) is 0 Å². The monoisotopic (exact) mass is 262 g/mol. The quantitative estimate of drug-likeness (QED) is 0.885. The lowest BCUT2D eigenvalue weighted by Crippen LogP contribution is -2.49. The second-order valence-electron chi connectivity index (χ2n) is 5.18. The molecule has 0 saturated carbocycles. The van der Waals surface area contributed by atoms with Crippen LogP contribution in [0.2, 0.25) is 0 Å². The molecule has 0 unspecified atom stereocenters. The van der Waals surface area contributed by atoms with E-state index in [4.69, 9.17) is 5.11 Å². The topological polar surface area (TPSA) is 43.8 Å². The van der Waals surface area contributed by atoms with Crippen molar-refractivity contribution in [3.05, 3.63) is 34.9 Å². The number of rotatable bonds is 3. The lowest BCUT2D eigenvalue weighted by molar-refractivity contribution is 0.0614. The number of carbonyl (C=O) groups is 1. The van der Waals surface area contributed by atoms with Crippen molar-refractivity contribution >= 4 is 5.91 Å². The summed E-state index contributed by atoms with van der Waals surface area (Å²) in [7, 11) is 0. The van der Waals surface area contributed by atoms with E-state index in [0.717, 1.165) is 42.9 Å². The Morgan fingerprint density at radius 2 is 1.89 bits per heavy atom. The molecule has 1 aliphatic heterocycles. The molecule has 1 amide bonds. The Labute approximate surface area is 114 Å². The molecule has 1 aromatic carbocycles. The second kappa shape index (κ2) is 6.17. The number of aliphatic hydroxyl groups is 1. The summed E-state index contributed by atoms with van der Waals surface area (Å²) in [6.45, 7) is 8.05. The smallest absolute Gasteiger partial charge is 0.254 e. The van der Waals surface area contributed by atoms with Gasteiger partial charge >= 0.3 is 0 Å². The molecule has 2 rings (SSSR count). The summed E-state index contributed by atoms with van der Waals surface area (Å²) >= 11 is 0. The first kappa shape index (κ1) is 14.0. The number of aryl methyl sites for hydroxylation is 2. The van der Waals surface area contributed by atoms with Crippen LogP contribution in [-0.2, 0) is 0 Å². The summed E-state index contributed by atoms with van der Waals surface area (Å²) in [5.74, 6) is 0.129. The van der Waals surface area contributed by atoms with E-state index in [1.807, 2.05) is 36.9 Å². The molecule has 19 heavy (non-hydrogen) atoms. The maximum Gasteiger partial charge on any atom is 0.254 e. The van der Waals surface area contributed by atoms with Crippen LogP contribution in [-0.4, -0.2) is 60.1 Å². The minimum atomic E-state index is 0.129. The molecular formula is C15H22N2O2. The van der Waals surface area contributed by atoms with Gasteiger partial charge in [0.05, 0.1) is 6.61 Å². The SMILES string of the molecule is Cc1ccc(C)c(C(=O)N2CCN(CCO)CC2)c1. The highest BCUT2D eigenvalue weighted by Gasteiger charge is 2.22. The van der Waals surface area contributed by atoms with Gasteiger partial charge in [0.25, 0.3) is 5.91 Å². The van der Waals surface area contributed by atoms with Crippen LogP contribution in [0.15, 0.2) is 18.2 Å². The van der Waals surface area contributed by atoms with Gasteiger partial charge in [-0.15, -0.1) is 0 Å². The molecule has 1 heterocycles. The number of hydrogen-bond donors (Lipinski definition) is 1. The van der Waals surface area contributed by atoms with Crippen molar-refractivity contribution < 1.29 is 9.90 Å². The maximum atomic E-state index is 12.5. The summed E-state index contributed by atoms with van der Waals surface area (Å²) in [4.78, 5) is 16.6. The molecule has 1 saturated heterocycles. The third-order valence-corrected chi connectivity index (χ3v) is 3.70. The Morgan fingerprint density at radius 1 is 1.21 bits per heavy atom. The third kappa shape index (κ3) is 3.33. The van der Waals surface area contributed by atoms with Crippen LogP contribution < -0.4 is 0 Å². The minimum absolute atomic E-state index is 0.129. The van der Waals surface area contributed by atoms with Gasteiger partial charge in [-0.05, 0) is 25.5 Å². The molecule has 0 aliphatic carbocycles. The predicted octanol–water partition coefficient (Wildman–Crippen LogP) is 1.05. The molecule has 4 heteroatoms. The van der Waals surface area contributed by atoms with Crippen molar-refractivity contribution in [3.8, 4) is 0 Å². The van der Waals surface area contributed by atoms with E-state index in [0.29, 0.717) is 6.54 Å². The molecule has 0 atom stereocenters. The highest BCUT2D eigenvalue weighted by atomic mass is 16.3. The zero-order chi connectivity index (χ0) is 13.8. The molecular weight excluding hydrogens is 240 g/mol. The standard InChI is InChI=1S/C15H22N2O2/c1-12-3-4-13(2)14(11-12)15(19)17-7-5-16(6-8-17)9-10-18/h3-4,11,18H,5-10H2,1-2H3. The van der Waals surface area contributed by atoms with Gasteiger partial charge in [-0.3, -0.25) is 9.69 Å². The Bertz CT molecular complexity index is 451. The molecule has 1 aromatic rings. The first-order valence-electron chi connectivity index (χ1n) is 6.81. The fourth-order valence-corrected chi connectivity index (χ4v) is 2.45. The van der Waals surface area contributed by atoms with Crippen LogP contribution in [0, 0.1) is 13.8 Å². The van der Waals surface area contributed by atoms with E-state index in [1.165, 1.54) is 0 Å². The zero-order valence-corrected chi connectivity index (χ0v) is 11.7. The fraction of sp³-hybridized carbons (Fsp3) is 0.533. The summed E-state index contributed by atoms with van der Waals surface area (Å²) in [6, 6.07) is 6.01. The van der Waals surface area contributed by atoms with Gasteiger partial charge in [0.2, 0.25) is 0 Å². The molecule has 0 radical (unpaired) electrons. The largest absolute Gasteiger partial charge is 0.395 e. The van der Waals surface area contributed by atoms with Crippen molar-refractivity contribution in [1.29, 1.82) is 0 Å². The van der Waals surface area contributed by atoms with E-state index < -0.39 is 0 Å². The number of β-amino-alcohol motifs (C(OH)–C–C–N with tert-alkyl or cyclic N) is 1. The van der Waals surface area contributed by atoms with E-state index in [2.05, 4.69) is 4.90 Å². The van der Waals surface area contributed by atoms with Gasteiger partial charge in [-0.1, -0.05) is 17.7 Å². The number of amides is 1. The van der Waals surface area contributed by atoms with Crippen LogP contribution in [0.1, 0.15) is 21.5 Å². The average molecular weight is 262 g/mol. The lowest BCUT2D eigenvalue weighted by Gasteiger charge is -2.34. The first-order valence-corrected chi connectivity index (χ1v) is 6.81. The van der Waals surface area contributed by atoms with E-state index in [-0.39, 0.29) is 12.5 Å². The summed E-state index contributed by atoms with van der Waals surface area (Å²) in [5.41, 5.74) is 2.97. The molecule has 4 nitrogen and oxygen atoms in total. The summed E-state index contributed by atoms with van der Waals surface area (Å²) in [5, 5.41) is 8.92. The summed E-state index contributed by atoms with van der Waals surface area (Å²) < 4.78 is 0. The molecule has 1 aliphatic rings.